The second-order valence-corrected chi connectivity index (χ2v) is 5.99. The Bertz CT molecular complexity index is 272. The molecule has 1 aliphatic rings. The van der Waals surface area contributed by atoms with Crippen molar-refractivity contribution in [2.75, 3.05) is 19.6 Å². The summed E-state index contributed by atoms with van der Waals surface area (Å²) in [4.78, 5) is 15.2. The quantitative estimate of drug-likeness (QED) is 0.769. The first-order chi connectivity index (χ1) is 9.11. The minimum absolute atomic E-state index is 0.0948. The van der Waals surface area contributed by atoms with Crippen molar-refractivity contribution in [3.05, 3.63) is 0 Å². The number of carbonyl (C=O) groups excluding carboxylic acids is 1. The summed E-state index contributed by atoms with van der Waals surface area (Å²) in [6.07, 6.45) is 6.30. The van der Waals surface area contributed by atoms with Gasteiger partial charge in [0, 0.05) is 12.6 Å². The second kappa shape index (κ2) is 7.88. The maximum absolute atomic E-state index is 13.1. The highest BCUT2D eigenvalue weighted by Gasteiger charge is 2.41. The zero-order valence-electron chi connectivity index (χ0n) is 13.3. The van der Waals surface area contributed by atoms with Crippen molar-refractivity contribution >= 4 is 5.91 Å². The van der Waals surface area contributed by atoms with Crippen LogP contribution in [0.25, 0.3) is 0 Å². The van der Waals surface area contributed by atoms with E-state index in [-0.39, 0.29) is 5.41 Å². The van der Waals surface area contributed by atoms with E-state index in [1.807, 2.05) is 0 Å². The van der Waals surface area contributed by atoms with E-state index in [4.69, 9.17) is 0 Å². The Kier molecular flexibility index (Phi) is 6.84. The number of rotatable bonds is 7. The van der Waals surface area contributed by atoms with E-state index in [1.165, 1.54) is 0 Å². The third-order valence-electron chi connectivity index (χ3n) is 4.83. The molecule has 112 valence electrons. The molecular formula is C16H32N2O. The largest absolute Gasteiger partial charge is 0.340 e. The van der Waals surface area contributed by atoms with Gasteiger partial charge in [-0.25, -0.2) is 0 Å². The maximum Gasteiger partial charge on any atom is 0.229 e. The molecule has 1 N–H and O–H groups in total. The third kappa shape index (κ3) is 3.95. The Hall–Kier alpha value is -0.570. The molecule has 1 amide bonds. The van der Waals surface area contributed by atoms with Crippen LogP contribution < -0.4 is 5.32 Å². The monoisotopic (exact) mass is 268 g/mol. The van der Waals surface area contributed by atoms with E-state index in [0.29, 0.717) is 11.9 Å². The fourth-order valence-corrected chi connectivity index (χ4v) is 3.00. The highest BCUT2D eigenvalue weighted by Crippen LogP contribution is 2.35. The summed E-state index contributed by atoms with van der Waals surface area (Å²) in [6.45, 7) is 11.6. The average Bonchev–Trinajstić information content (AvgIpc) is 2.47. The van der Waals surface area contributed by atoms with E-state index in [2.05, 4.69) is 37.9 Å². The first-order valence-corrected chi connectivity index (χ1v) is 8.13. The molecule has 0 aromatic rings. The topological polar surface area (TPSA) is 32.3 Å². The number of hydrogen-bond acceptors (Lipinski definition) is 2. The van der Waals surface area contributed by atoms with Crippen molar-refractivity contribution in [3.8, 4) is 0 Å². The van der Waals surface area contributed by atoms with Crippen LogP contribution in [0.15, 0.2) is 0 Å². The lowest BCUT2D eigenvalue weighted by molar-refractivity contribution is -0.146. The van der Waals surface area contributed by atoms with E-state index in [1.54, 1.807) is 0 Å². The SMILES string of the molecule is CCCCN(C(=O)C1(CC)CCNCC1)C(C)CC. The van der Waals surface area contributed by atoms with Crippen LogP contribution in [0.5, 0.6) is 0 Å². The summed E-state index contributed by atoms with van der Waals surface area (Å²) >= 11 is 0. The smallest absolute Gasteiger partial charge is 0.229 e. The molecule has 0 aromatic heterocycles. The van der Waals surface area contributed by atoms with Crippen LogP contribution in [0, 0.1) is 5.41 Å². The van der Waals surface area contributed by atoms with Gasteiger partial charge >= 0.3 is 0 Å². The van der Waals surface area contributed by atoms with Crippen molar-refractivity contribution in [1.29, 1.82) is 0 Å². The van der Waals surface area contributed by atoms with E-state index in [0.717, 1.165) is 58.2 Å². The number of hydrogen-bond donors (Lipinski definition) is 1. The number of nitrogens with zero attached hydrogens (tertiary/aromatic N) is 1. The summed E-state index contributed by atoms with van der Waals surface area (Å²) in [5.41, 5.74) is -0.0948. The predicted molar refractivity (Wildman–Crippen MR) is 81.2 cm³/mol. The molecule has 1 saturated heterocycles. The summed E-state index contributed by atoms with van der Waals surface area (Å²) in [7, 11) is 0. The lowest BCUT2D eigenvalue weighted by Gasteiger charge is -2.41. The molecule has 3 heteroatoms. The average molecular weight is 268 g/mol. The first kappa shape index (κ1) is 16.5. The minimum Gasteiger partial charge on any atom is -0.340 e. The number of nitrogens with one attached hydrogen (secondary N) is 1. The van der Waals surface area contributed by atoms with Gasteiger partial charge in [0.1, 0.15) is 0 Å². The van der Waals surface area contributed by atoms with Crippen LogP contribution in [0.2, 0.25) is 0 Å². The third-order valence-corrected chi connectivity index (χ3v) is 4.83. The van der Waals surface area contributed by atoms with Gasteiger partial charge < -0.3 is 10.2 Å². The van der Waals surface area contributed by atoms with Crippen LogP contribution in [0.1, 0.15) is 66.2 Å². The molecule has 1 fully saturated rings. The lowest BCUT2D eigenvalue weighted by atomic mass is 9.75. The Morgan fingerprint density at radius 2 is 1.89 bits per heavy atom. The van der Waals surface area contributed by atoms with Gasteiger partial charge in [0.25, 0.3) is 0 Å². The minimum atomic E-state index is -0.0948. The van der Waals surface area contributed by atoms with Crippen LogP contribution in [0.4, 0.5) is 0 Å². The van der Waals surface area contributed by atoms with Gasteiger partial charge in [-0.3, -0.25) is 4.79 Å². The molecular weight excluding hydrogens is 236 g/mol. The summed E-state index contributed by atoms with van der Waals surface area (Å²) in [5.74, 6) is 0.416. The standard InChI is InChI=1S/C16H32N2O/c1-5-8-13-18(14(4)6-2)15(19)16(7-3)9-11-17-12-10-16/h14,17H,5-13H2,1-4H3. The fourth-order valence-electron chi connectivity index (χ4n) is 3.00. The first-order valence-electron chi connectivity index (χ1n) is 8.13. The molecule has 0 spiro atoms. The molecule has 3 nitrogen and oxygen atoms in total. The van der Waals surface area contributed by atoms with Gasteiger partial charge in [-0.2, -0.15) is 0 Å². The van der Waals surface area contributed by atoms with Crippen molar-refractivity contribution in [1.82, 2.24) is 10.2 Å². The highest BCUT2D eigenvalue weighted by molar-refractivity contribution is 5.83. The Labute approximate surface area is 119 Å². The normalized spacial score (nSPS) is 20.0. The Balaban J connectivity index is 2.82. The van der Waals surface area contributed by atoms with Gasteiger partial charge in [0.2, 0.25) is 5.91 Å². The van der Waals surface area contributed by atoms with Gasteiger partial charge in [0.15, 0.2) is 0 Å². The van der Waals surface area contributed by atoms with Crippen LogP contribution >= 0.6 is 0 Å². The van der Waals surface area contributed by atoms with Crippen molar-refractivity contribution < 1.29 is 4.79 Å². The summed E-state index contributed by atoms with van der Waals surface area (Å²) in [6, 6.07) is 0.373. The number of unbranched alkanes of at least 4 members (excludes halogenated alkanes) is 1. The molecule has 1 heterocycles. The van der Waals surface area contributed by atoms with Crippen LogP contribution in [-0.2, 0) is 4.79 Å². The Morgan fingerprint density at radius 1 is 1.26 bits per heavy atom. The van der Waals surface area contributed by atoms with Crippen LogP contribution in [0.3, 0.4) is 0 Å². The van der Waals surface area contributed by atoms with Gasteiger partial charge in [-0.05, 0) is 52.1 Å². The van der Waals surface area contributed by atoms with Crippen molar-refractivity contribution in [3.63, 3.8) is 0 Å². The number of carbonyl (C=O) groups is 1. The maximum atomic E-state index is 13.1. The predicted octanol–water partition coefficient (Wildman–Crippen LogP) is 3.19. The van der Waals surface area contributed by atoms with E-state index in [9.17, 15) is 4.79 Å². The van der Waals surface area contributed by atoms with Gasteiger partial charge in [-0.15, -0.1) is 0 Å². The molecule has 0 bridgehead atoms. The molecule has 1 rings (SSSR count). The lowest BCUT2D eigenvalue weighted by Crippen LogP contribution is -2.51. The zero-order chi connectivity index (χ0) is 14.3. The van der Waals surface area contributed by atoms with E-state index >= 15 is 0 Å². The fraction of sp³-hybridized carbons (Fsp3) is 0.938. The van der Waals surface area contributed by atoms with E-state index < -0.39 is 0 Å². The van der Waals surface area contributed by atoms with Crippen LogP contribution in [-0.4, -0.2) is 36.5 Å². The zero-order valence-corrected chi connectivity index (χ0v) is 13.3. The summed E-state index contributed by atoms with van der Waals surface area (Å²) < 4.78 is 0. The van der Waals surface area contributed by atoms with Gasteiger partial charge in [-0.1, -0.05) is 27.2 Å². The van der Waals surface area contributed by atoms with Crippen molar-refractivity contribution in [2.45, 2.75) is 72.3 Å². The second-order valence-electron chi connectivity index (χ2n) is 5.99. The van der Waals surface area contributed by atoms with Crippen molar-refractivity contribution in [2.24, 2.45) is 5.41 Å². The summed E-state index contributed by atoms with van der Waals surface area (Å²) in [5, 5.41) is 3.38. The molecule has 0 radical (unpaired) electrons. The molecule has 0 saturated carbocycles. The number of amides is 1. The molecule has 0 aromatic carbocycles. The molecule has 19 heavy (non-hydrogen) atoms. The number of piperidine rings is 1. The highest BCUT2D eigenvalue weighted by atomic mass is 16.2. The molecule has 1 unspecified atom stereocenters. The molecule has 0 aliphatic carbocycles. The molecule has 1 aliphatic heterocycles. The van der Waals surface area contributed by atoms with Gasteiger partial charge in [0.05, 0.1) is 5.41 Å². The Morgan fingerprint density at radius 3 is 2.37 bits per heavy atom. The molecule has 1 atom stereocenters.